The molecule has 5 heteroatoms. The first-order valence-corrected chi connectivity index (χ1v) is 6.09. The molecule has 0 amide bonds. The van der Waals surface area contributed by atoms with Gasteiger partial charge in [0.1, 0.15) is 11.3 Å². The summed E-state index contributed by atoms with van der Waals surface area (Å²) < 4.78 is 21.3. The van der Waals surface area contributed by atoms with Gasteiger partial charge >= 0.3 is 0 Å². The maximum atomic E-state index is 13.5. The number of halogens is 1. The van der Waals surface area contributed by atoms with E-state index in [9.17, 15) is 4.39 Å². The third kappa shape index (κ3) is 2.68. The van der Waals surface area contributed by atoms with Gasteiger partial charge in [-0.3, -0.25) is 0 Å². The number of nitrogens with one attached hydrogen (secondary N) is 1. The second kappa shape index (κ2) is 5.46. The highest BCUT2D eigenvalue weighted by Gasteiger charge is 2.07. The molecular formula is C13H15FN2OS. The number of fused-ring (bicyclic) bond motifs is 1. The van der Waals surface area contributed by atoms with Crippen molar-refractivity contribution < 1.29 is 9.13 Å². The van der Waals surface area contributed by atoms with Crippen LogP contribution in [0.15, 0.2) is 30.4 Å². The number of aromatic amines is 1. The molecule has 1 aromatic heterocycles. The Kier molecular flexibility index (Phi) is 3.93. The van der Waals surface area contributed by atoms with Crippen LogP contribution in [0.5, 0.6) is 0 Å². The normalized spacial score (nSPS) is 11.0. The zero-order valence-corrected chi connectivity index (χ0v) is 11.0. The lowest BCUT2D eigenvalue weighted by Gasteiger charge is -2.06. The predicted molar refractivity (Wildman–Crippen MR) is 72.7 cm³/mol. The second-order valence-corrected chi connectivity index (χ2v) is 4.61. The van der Waals surface area contributed by atoms with Gasteiger partial charge in [-0.25, -0.2) is 4.39 Å². The fourth-order valence-corrected chi connectivity index (χ4v) is 2.06. The van der Waals surface area contributed by atoms with Crippen LogP contribution in [0, 0.1) is 10.6 Å². The van der Waals surface area contributed by atoms with Gasteiger partial charge in [-0.2, -0.15) is 0 Å². The molecule has 1 N–H and O–H groups in total. The minimum Gasteiger partial charge on any atom is -0.375 e. The summed E-state index contributed by atoms with van der Waals surface area (Å²) in [5.74, 6) is -0.291. The third-order valence-corrected chi connectivity index (χ3v) is 2.89. The first kappa shape index (κ1) is 13.0. The van der Waals surface area contributed by atoms with Gasteiger partial charge in [0.25, 0.3) is 0 Å². The summed E-state index contributed by atoms with van der Waals surface area (Å²) in [5.41, 5.74) is 2.19. The van der Waals surface area contributed by atoms with Crippen LogP contribution < -0.4 is 0 Å². The lowest BCUT2D eigenvalue weighted by molar-refractivity contribution is 0.148. The van der Waals surface area contributed by atoms with Crippen molar-refractivity contribution in [3.8, 4) is 0 Å². The van der Waals surface area contributed by atoms with Gasteiger partial charge in [-0.15, -0.1) is 0 Å². The molecule has 1 aromatic carbocycles. The summed E-state index contributed by atoms with van der Waals surface area (Å²) >= 11 is 5.18. The largest absolute Gasteiger partial charge is 0.375 e. The van der Waals surface area contributed by atoms with Crippen LogP contribution in [0.25, 0.3) is 11.0 Å². The van der Waals surface area contributed by atoms with Crippen molar-refractivity contribution in [2.24, 2.45) is 0 Å². The number of ether oxygens (including phenoxy) is 1. The van der Waals surface area contributed by atoms with Crippen molar-refractivity contribution >= 4 is 23.3 Å². The minimum atomic E-state index is -0.291. The molecule has 0 bridgehead atoms. The minimum absolute atomic E-state index is 0.291. The number of nitrogens with zero attached hydrogens (tertiary/aromatic N) is 1. The van der Waals surface area contributed by atoms with E-state index in [2.05, 4.69) is 11.6 Å². The first-order chi connectivity index (χ1) is 8.59. The zero-order valence-electron chi connectivity index (χ0n) is 10.2. The van der Waals surface area contributed by atoms with Crippen molar-refractivity contribution in [3.05, 3.63) is 40.9 Å². The molecule has 18 heavy (non-hydrogen) atoms. The van der Waals surface area contributed by atoms with E-state index >= 15 is 0 Å². The molecule has 0 fully saturated rings. The fraction of sp³-hybridized carbons (Fsp3) is 0.308. The molecule has 0 aliphatic heterocycles. The molecule has 2 aromatic rings. The molecule has 0 saturated carbocycles. The van der Waals surface area contributed by atoms with Gasteiger partial charge in [0.15, 0.2) is 4.77 Å². The van der Waals surface area contributed by atoms with Crippen LogP contribution in [0.2, 0.25) is 0 Å². The molecule has 1 heterocycles. The zero-order chi connectivity index (χ0) is 13.1. The Morgan fingerprint density at radius 1 is 1.56 bits per heavy atom. The van der Waals surface area contributed by atoms with Crippen molar-refractivity contribution in [1.29, 1.82) is 0 Å². The Hall–Kier alpha value is -1.46. The highest BCUT2D eigenvalue weighted by atomic mass is 32.1. The van der Waals surface area contributed by atoms with Gasteiger partial charge in [0, 0.05) is 6.54 Å². The molecule has 0 radical (unpaired) electrons. The second-order valence-electron chi connectivity index (χ2n) is 4.23. The molecule has 0 spiro atoms. The van der Waals surface area contributed by atoms with E-state index in [0.717, 1.165) is 11.1 Å². The predicted octanol–water partition coefficient (Wildman–Crippen LogP) is 3.43. The summed E-state index contributed by atoms with van der Waals surface area (Å²) in [6.45, 7) is 7.31. The Labute approximate surface area is 110 Å². The van der Waals surface area contributed by atoms with Gasteiger partial charge in [-0.05, 0) is 31.3 Å². The van der Waals surface area contributed by atoms with Crippen molar-refractivity contribution in [1.82, 2.24) is 9.55 Å². The van der Waals surface area contributed by atoms with E-state index in [-0.39, 0.29) is 5.82 Å². The number of aromatic nitrogens is 2. The Bertz CT molecular complexity index is 629. The summed E-state index contributed by atoms with van der Waals surface area (Å²) in [4.78, 5) is 2.87. The van der Waals surface area contributed by atoms with E-state index in [1.54, 1.807) is 6.07 Å². The van der Waals surface area contributed by atoms with E-state index in [1.165, 1.54) is 6.07 Å². The molecule has 96 valence electrons. The van der Waals surface area contributed by atoms with Gasteiger partial charge < -0.3 is 14.3 Å². The summed E-state index contributed by atoms with van der Waals surface area (Å²) in [5, 5.41) is 0. The highest BCUT2D eigenvalue weighted by molar-refractivity contribution is 7.71. The number of benzene rings is 1. The maximum Gasteiger partial charge on any atom is 0.178 e. The van der Waals surface area contributed by atoms with Crippen molar-refractivity contribution in [3.63, 3.8) is 0 Å². The maximum absolute atomic E-state index is 13.5. The smallest absolute Gasteiger partial charge is 0.178 e. The quantitative estimate of drug-likeness (QED) is 0.510. The fourth-order valence-electron chi connectivity index (χ4n) is 1.77. The molecule has 3 nitrogen and oxygen atoms in total. The standard InChI is InChI=1S/C13H15FN2OS/c1-9(2)8-17-7-6-16-11-5-3-4-10(14)12(11)15-13(16)18/h3-5H,1,6-8H2,2H3,(H,15,18). The average Bonchev–Trinajstić information content (AvgIpc) is 2.63. The lowest BCUT2D eigenvalue weighted by atomic mass is 10.3. The monoisotopic (exact) mass is 266 g/mol. The number of hydrogen-bond acceptors (Lipinski definition) is 2. The molecule has 0 aliphatic rings. The lowest BCUT2D eigenvalue weighted by Crippen LogP contribution is -2.07. The molecule has 0 saturated heterocycles. The van der Waals surface area contributed by atoms with Crippen LogP contribution >= 0.6 is 12.2 Å². The van der Waals surface area contributed by atoms with E-state index < -0.39 is 0 Å². The third-order valence-electron chi connectivity index (χ3n) is 2.57. The number of H-pyrrole nitrogens is 1. The van der Waals surface area contributed by atoms with Crippen LogP contribution in [0.3, 0.4) is 0 Å². The van der Waals surface area contributed by atoms with Crippen LogP contribution in [-0.2, 0) is 11.3 Å². The van der Waals surface area contributed by atoms with E-state index in [4.69, 9.17) is 17.0 Å². The summed E-state index contributed by atoms with van der Waals surface area (Å²) in [6.07, 6.45) is 0. The number of para-hydroxylation sites is 1. The van der Waals surface area contributed by atoms with E-state index in [0.29, 0.717) is 30.0 Å². The Morgan fingerprint density at radius 2 is 2.33 bits per heavy atom. The molecule has 0 unspecified atom stereocenters. The topological polar surface area (TPSA) is 29.9 Å². The SMILES string of the molecule is C=C(C)COCCn1c(=S)[nH]c2c(F)cccc21. The Balaban J connectivity index is 2.18. The van der Waals surface area contributed by atoms with Crippen LogP contribution in [0.4, 0.5) is 4.39 Å². The molecule has 0 aliphatic carbocycles. The molecule has 0 atom stereocenters. The highest BCUT2D eigenvalue weighted by Crippen LogP contribution is 2.17. The van der Waals surface area contributed by atoms with Gasteiger partial charge in [0.2, 0.25) is 0 Å². The molecular weight excluding hydrogens is 251 g/mol. The molecule has 2 rings (SSSR count). The summed E-state index contributed by atoms with van der Waals surface area (Å²) in [6, 6.07) is 4.92. The van der Waals surface area contributed by atoms with Crippen molar-refractivity contribution in [2.45, 2.75) is 13.5 Å². The van der Waals surface area contributed by atoms with Gasteiger partial charge in [-0.1, -0.05) is 18.2 Å². The van der Waals surface area contributed by atoms with Crippen LogP contribution in [0.1, 0.15) is 6.92 Å². The first-order valence-electron chi connectivity index (χ1n) is 5.69. The average molecular weight is 266 g/mol. The van der Waals surface area contributed by atoms with Crippen molar-refractivity contribution in [2.75, 3.05) is 13.2 Å². The summed E-state index contributed by atoms with van der Waals surface area (Å²) in [7, 11) is 0. The van der Waals surface area contributed by atoms with Crippen LogP contribution in [-0.4, -0.2) is 22.8 Å². The Morgan fingerprint density at radius 3 is 3.06 bits per heavy atom. The number of rotatable bonds is 5. The number of hydrogen-bond donors (Lipinski definition) is 1. The van der Waals surface area contributed by atoms with E-state index in [1.807, 2.05) is 17.6 Å². The number of imidazole rings is 1. The van der Waals surface area contributed by atoms with Gasteiger partial charge in [0.05, 0.1) is 18.7 Å².